The highest BCUT2D eigenvalue weighted by molar-refractivity contribution is 5.85. The van der Waals surface area contributed by atoms with Gasteiger partial charge in [-0.3, -0.25) is 0 Å². The van der Waals surface area contributed by atoms with Crippen molar-refractivity contribution in [3.63, 3.8) is 0 Å². The van der Waals surface area contributed by atoms with Gasteiger partial charge in [0, 0.05) is 17.1 Å². The van der Waals surface area contributed by atoms with E-state index in [-0.39, 0.29) is 18.5 Å². The molecule has 6 heteroatoms. The highest BCUT2D eigenvalue weighted by atomic mass is 35.5. The number of benzene rings is 1. The highest BCUT2D eigenvalue weighted by Gasteiger charge is 2.31. The third-order valence-corrected chi connectivity index (χ3v) is 5.61. The Labute approximate surface area is 171 Å². The second-order valence-corrected chi connectivity index (χ2v) is 7.43. The van der Waals surface area contributed by atoms with Gasteiger partial charge in [-0.15, -0.1) is 12.4 Å². The number of nitrogens with zero attached hydrogens (tertiary/aromatic N) is 3. The summed E-state index contributed by atoms with van der Waals surface area (Å²) in [5.74, 6) is 2.39. The van der Waals surface area contributed by atoms with Crippen molar-refractivity contribution >= 4 is 29.1 Å². The van der Waals surface area contributed by atoms with Gasteiger partial charge < -0.3 is 15.0 Å². The number of rotatable bonds is 4. The summed E-state index contributed by atoms with van der Waals surface area (Å²) in [4.78, 5) is 11.6. The van der Waals surface area contributed by atoms with Crippen molar-refractivity contribution in [1.82, 2.24) is 15.3 Å². The molecule has 1 aromatic carbocycles. The van der Waals surface area contributed by atoms with Crippen molar-refractivity contribution in [2.75, 3.05) is 31.1 Å². The minimum Gasteiger partial charge on any atom is -0.470 e. The number of anilines is 1. The smallest absolute Gasteiger partial charge is 0.217 e. The van der Waals surface area contributed by atoms with E-state index in [1.54, 1.807) is 0 Å². The zero-order chi connectivity index (χ0) is 18.1. The van der Waals surface area contributed by atoms with Gasteiger partial charge >= 0.3 is 0 Å². The lowest BCUT2D eigenvalue weighted by atomic mass is 9.91. The quantitative estimate of drug-likeness (QED) is 0.727. The van der Waals surface area contributed by atoms with E-state index in [1.807, 2.05) is 24.4 Å². The van der Waals surface area contributed by atoms with Crippen LogP contribution in [0, 0.1) is 0 Å². The molecular weight excluding hydrogens is 372 g/mol. The van der Waals surface area contributed by atoms with Crippen LogP contribution in [0.2, 0.25) is 0 Å². The van der Waals surface area contributed by atoms with Gasteiger partial charge in [0.1, 0.15) is 11.9 Å². The first-order valence-electron chi connectivity index (χ1n) is 9.80. The van der Waals surface area contributed by atoms with E-state index in [0.29, 0.717) is 5.92 Å². The maximum absolute atomic E-state index is 6.27. The van der Waals surface area contributed by atoms with E-state index < -0.39 is 0 Å². The van der Waals surface area contributed by atoms with Gasteiger partial charge in [0.25, 0.3) is 0 Å². The molecule has 0 aliphatic carbocycles. The van der Waals surface area contributed by atoms with Crippen LogP contribution in [0.15, 0.2) is 54.7 Å². The first-order chi connectivity index (χ1) is 13.4. The number of para-hydroxylation sites is 1. The van der Waals surface area contributed by atoms with Crippen LogP contribution in [-0.2, 0) is 0 Å². The second kappa shape index (κ2) is 8.33. The maximum atomic E-state index is 6.27. The highest BCUT2D eigenvalue weighted by Crippen LogP contribution is 2.33. The van der Waals surface area contributed by atoms with Gasteiger partial charge in [-0.2, -0.15) is 0 Å². The molecule has 2 aromatic heterocycles. The number of aromatic nitrogens is 2. The molecule has 28 heavy (non-hydrogen) atoms. The fraction of sp³-hybridized carbons (Fsp3) is 0.364. The van der Waals surface area contributed by atoms with Crippen LogP contribution in [0.25, 0.3) is 10.9 Å². The molecule has 0 amide bonds. The lowest BCUT2D eigenvalue weighted by Crippen LogP contribution is -2.54. The minimum absolute atomic E-state index is 0. The minimum atomic E-state index is 0. The lowest BCUT2D eigenvalue weighted by molar-refractivity contribution is 0.157. The van der Waals surface area contributed by atoms with E-state index in [1.165, 1.54) is 10.9 Å². The number of ether oxygens (including phenoxy) is 1. The first-order valence-corrected chi connectivity index (χ1v) is 9.80. The van der Waals surface area contributed by atoms with Gasteiger partial charge in [0.15, 0.2) is 0 Å². The monoisotopic (exact) mass is 396 g/mol. The van der Waals surface area contributed by atoms with Gasteiger partial charge in [0.05, 0.1) is 18.6 Å². The van der Waals surface area contributed by atoms with Crippen molar-refractivity contribution < 1.29 is 4.74 Å². The summed E-state index contributed by atoms with van der Waals surface area (Å²) in [6.45, 7) is 3.86. The predicted molar refractivity (Wildman–Crippen MR) is 115 cm³/mol. The largest absolute Gasteiger partial charge is 0.470 e. The molecule has 0 saturated carbocycles. The molecular formula is C22H25ClN4O. The average molecular weight is 397 g/mol. The molecule has 0 radical (unpaired) electrons. The number of hydrogen-bond acceptors (Lipinski definition) is 5. The number of hydrogen-bond donors (Lipinski definition) is 1. The Morgan fingerprint density at radius 1 is 0.964 bits per heavy atom. The SMILES string of the molecule is Cl.c1cnc(OC2CN(c3ccc4ccccc4n3)C2)c(C2CCNCC2)c1. The molecule has 146 valence electrons. The Bertz CT molecular complexity index is 938. The van der Waals surface area contributed by atoms with E-state index >= 15 is 0 Å². The normalized spacial score (nSPS) is 17.8. The Morgan fingerprint density at radius 2 is 1.79 bits per heavy atom. The fourth-order valence-corrected chi connectivity index (χ4v) is 4.03. The average Bonchev–Trinajstić information content (AvgIpc) is 2.71. The van der Waals surface area contributed by atoms with E-state index in [9.17, 15) is 0 Å². The van der Waals surface area contributed by atoms with Crippen LogP contribution in [0.1, 0.15) is 24.3 Å². The Morgan fingerprint density at radius 3 is 2.64 bits per heavy atom. The van der Waals surface area contributed by atoms with E-state index in [0.717, 1.165) is 56.2 Å². The summed E-state index contributed by atoms with van der Waals surface area (Å²) in [5.41, 5.74) is 2.30. The number of piperidine rings is 1. The summed E-state index contributed by atoms with van der Waals surface area (Å²) in [6, 6.07) is 16.7. The number of halogens is 1. The lowest BCUT2D eigenvalue weighted by Gasteiger charge is -2.40. The molecule has 2 fully saturated rings. The Balaban J connectivity index is 0.00000192. The Kier molecular flexibility index (Phi) is 5.64. The molecule has 0 spiro atoms. The summed E-state index contributed by atoms with van der Waals surface area (Å²) in [7, 11) is 0. The Hall–Kier alpha value is -2.37. The first kappa shape index (κ1) is 19.0. The topological polar surface area (TPSA) is 50.3 Å². The van der Waals surface area contributed by atoms with Crippen molar-refractivity contribution in [2.45, 2.75) is 24.9 Å². The van der Waals surface area contributed by atoms with Crippen LogP contribution in [0.5, 0.6) is 5.88 Å². The third kappa shape index (κ3) is 3.77. The number of nitrogens with one attached hydrogen (secondary N) is 1. The molecule has 1 N–H and O–H groups in total. The molecule has 2 aliphatic rings. The summed E-state index contributed by atoms with van der Waals surface area (Å²) in [5, 5.41) is 4.60. The second-order valence-electron chi connectivity index (χ2n) is 7.43. The molecule has 2 saturated heterocycles. The molecule has 3 aromatic rings. The summed E-state index contributed by atoms with van der Waals surface area (Å²) in [6.07, 6.45) is 4.31. The maximum Gasteiger partial charge on any atom is 0.217 e. The van der Waals surface area contributed by atoms with Gasteiger partial charge in [0.2, 0.25) is 5.88 Å². The number of fused-ring (bicyclic) bond motifs is 1. The third-order valence-electron chi connectivity index (χ3n) is 5.61. The molecule has 5 nitrogen and oxygen atoms in total. The van der Waals surface area contributed by atoms with Crippen molar-refractivity contribution in [3.8, 4) is 5.88 Å². The summed E-state index contributed by atoms with van der Waals surface area (Å²) < 4.78 is 6.27. The van der Waals surface area contributed by atoms with Crippen molar-refractivity contribution in [3.05, 3.63) is 60.3 Å². The van der Waals surface area contributed by atoms with Crippen LogP contribution >= 0.6 is 12.4 Å². The van der Waals surface area contributed by atoms with E-state index in [4.69, 9.17) is 9.72 Å². The molecule has 0 unspecified atom stereocenters. The molecule has 4 heterocycles. The van der Waals surface area contributed by atoms with Gasteiger partial charge in [-0.1, -0.05) is 24.3 Å². The van der Waals surface area contributed by atoms with Crippen LogP contribution < -0.4 is 15.0 Å². The van der Waals surface area contributed by atoms with Gasteiger partial charge in [-0.25, -0.2) is 9.97 Å². The fourth-order valence-electron chi connectivity index (χ4n) is 4.03. The standard InChI is InChI=1S/C22H24N4O.ClH/c1-2-6-20-17(4-1)7-8-21(25-20)26-14-18(15-26)27-22-19(5-3-11-24-22)16-9-12-23-13-10-16;/h1-8,11,16,18,23H,9-10,12-15H2;1H. The predicted octanol–water partition coefficient (Wildman–Crippen LogP) is 3.79. The van der Waals surface area contributed by atoms with Crippen LogP contribution in [-0.4, -0.2) is 42.3 Å². The molecule has 0 atom stereocenters. The molecule has 5 rings (SSSR count). The van der Waals surface area contributed by atoms with Gasteiger partial charge in [-0.05, 0) is 56.1 Å². The molecule has 0 bridgehead atoms. The van der Waals surface area contributed by atoms with E-state index in [2.05, 4.69) is 45.5 Å². The zero-order valence-electron chi connectivity index (χ0n) is 15.8. The zero-order valence-corrected chi connectivity index (χ0v) is 16.6. The molecule has 2 aliphatic heterocycles. The number of pyridine rings is 2. The van der Waals surface area contributed by atoms with Crippen molar-refractivity contribution in [1.29, 1.82) is 0 Å². The van der Waals surface area contributed by atoms with Crippen molar-refractivity contribution in [2.24, 2.45) is 0 Å². The van der Waals surface area contributed by atoms with Crippen LogP contribution in [0.4, 0.5) is 5.82 Å². The summed E-state index contributed by atoms with van der Waals surface area (Å²) >= 11 is 0. The van der Waals surface area contributed by atoms with Crippen LogP contribution in [0.3, 0.4) is 0 Å².